The van der Waals surface area contributed by atoms with E-state index in [0.29, 0.717) is 32.6 Å². The lowest BCUT2D eigenvalue weighted by molar-refractivity contribution is -0.133. The topological polar surface area (TPSA) is 75.9 Å². The van der Waals surface area contributed by atoms with Crippen molar-refractivity contribution in [3.63, 3.8) is 0 Å². The van der Waals surface area contributed by atoms with Gasteiger partial charge in [0, 0.05) is 31.7 Å². The molecule has 0 spiro atoms. The van der Waals surface area contributed by atoms with E-state index in [-0.39, 0.29) is 17.9 Å². The maximum absolute atomic E-state index is 12.4. The quantitative estimate of drug-likeness (QED) is 0.846. The van der Waals surface area contributed by atoms with Crippen molar-refractivity contribution in [2.75, 3.05) is 33.3 Å². The summed E-state index contributed by atoms with van der Waals surface area (Å²) in [5, 5.41) is 0. The van der Waals surface area contributed by atoms with Crippen LogP contribution in [0.3, 0.4) is 0 Å². The lowest BCUT2D eigenvalue weighted by atomic mass is 10.1. The van der Waals surface area contributed by atoms with Crippen LogP contribution in [0.1, 0.15) is 12.5 Å². The average molecular weight is 305 g/mol. The predicted molar refractivity (Wildman–Crippen MR) is 83.5 cm³/mol. The highest BCUT2D eigenvalue weighted by Gasteiger charge is 2.26. The summed E-state index contributed by atoms with van der Waals surface area (Å²) in [7, 11) is 1.60. The molecule has 1 saturated heterocycles. The summed E-state index contributed by atoms with van der Waals surface area (Å²) < 4.78 is 5.28. The van der Waals surface area contributed by atoms with Gasteiger partial charge >= 0.3 is 0 Å². The number of amides is 2. The molecular formula is C16H23N3O3. The smallest absolute Gasteiger partial charge is 0.234 e. The van der Waals surface area contributed by atoms with Gasteiger partial charge in [-0.25, -0.2) is 0 Å². The second kappa shape index (κ2) is 7.26. The molecule has 2 amide bonds. The minimum absolute atomic E-state index is 0.0795. The monoisotopic (exact) mass is 305 g/mol. The Morgan fingerprint density at radius 2 is 1.86 bits per heavy atom. The van der Waals surface area contributed by atoms with E-state index in [9.17, 15) is 9.59 Å². The summed E-state index contributed by atoms with van der Waals surface area (Å²) in [6.45, 7) is 4.37. The minimum Gasteiger partial charge on any atom is -0.496 e. The second-order valence-electron chi connectivity index (χ2n) is 5.48. The molecule has 0 saturated carbocycles. The van der Waals surface area contributed by atoms with Crippen LogP contribution in [-0.4, -0.2) is 60.9 Å². The first-order chi connectivity index (χ1) is 10.5. The number of benzene rings is 1. The van der Waals surface area contributed by atoms with Crippen LogP contribution in [0, 0.1) is 0 Å². The third kappa shape index (κ3) is 3.76. The second-order valence-corrected chi connectivity index (χ2v) is 5.48. The van der Waals surface area contributed by atoms with Crippen molar-refractivity contribution in [3.8, 4) is 5.75 Å². The zero-order valence-electron chi connectivity index (χ0n) is 13.1. The van der Waals surface area contributed by atoms with Crippen LogP contribution in [0.4, 0.5) is 0 Å². The molecule has 1 unspecified atom stereocenters. The summed E-state index contributed by atoms with van der Waals surface area (Å²) >= 11 is 0. The van der Waals surface area contributed by atoms with E-state index in [0.717, 1.165) is 11.3 Å². The molecule has 120 valence electrons. The largest absolute Gasteiger partial charge is 0.496 e. The number of methoxy groups -OCH3 is 1. The number of carbonyl (C=O) groups excluding carboxylic acids is 2. The fraction of sp³-hybridized carbons (Fsp3) is 0.500. The van der Waals surface area contributed by atoms with Crippen LogP contribution in [0.5, 0.6) is 5.75 Å². The zero-order chi connectivity index (χ0) is 16.1. The van der Waals surface area contributed by atoms with Gasteiger partial charge in [-0.15, -0.1) is 0 Å². The van der Waals surface area contributed by atoms with Gasteiger partial charge in [-0.1, -0.05) is 18.2 Å². The summed E-state index contributed by atoms with van der Waals surface area (Å²) in [5.41, 5.74) is 6.21. The number of para-hydroxylation sites is 1. The first-order valence-corrected chi connectivity index (χ1v) is 7.46. The Hall–Kier alpha value is -2.08. The van der Waals surface area contributed by atoms with Crippen LogP contribution in [0.2, 0.25) is 0 Å². The lowest BCUT2D eigenvalue weighted by Gasteiger charge is -2.37. The number of hydrogen-bond donors (Lipinski definition) is 1. The maximum Gasteiger partial charge on any atom is 0.234 e. The Bertz CT molecular complexity index is 539. The highest BCUT2D eigenvalue weighted by atomic mass is 16.5. The fourth-order valence-corrected chi connectivity index (χ4v) is 2.66. The van der Waals surface area contributed by atoms with Crippen molar-refractivity contribution in [2.24, 2.45) is 5.73 Å². The van der Waals surface area contributed by atoms with Crippen molar-refractivity contribution in [1.82, 2.24) is 9.80 Å². The summed E-state index contributed by atoms with van der Waals surface area (Å²) in [5.74, 6) is 0.488. The number of carbonyl (C=O) groups is 2. The molecule has 0 bridgehead atoms. The van der Waals surface area contributed by atoms with Gasteiger partial charge in [-0.05, 0) is 13.0 Å². The molecule has 2 N–H and O–H groups in total. The van der Waals surface area contributed by atoms with E-state index in [4.69, 9.17) is 10.5 Å². The van der Waals surface area contributed by atoms with Crippen molar-refractivity contribution in [1.29, 1.82) is 0 Å². The Kier molecular flexibility index (Phi) is 5.38. The molecular weight excluding hydrogens is 282 g/mol. The molecule has 6 nitrogen and oxygen atoms in total. The molecule has 0 aliphatic carbocycles. The first kappa shape index (κ1) is 16.3. The molecule has 1 aromatic rings. The van der Waals surface area contributed by atoms with E-state index >= 15 is 0 Å². The fourth-order valence-electron chi connectivity index (χ4n) is 2.66. The van der Waals surface area contributed by atoms with E-state index in [1.165, 1.54) is 0 Å². The van der Waals surface area contributed by atoms with Crippen molar-refractivity contribution >= 4 is 11.8 Å². The molecule has 1 aromatic carbocycles. The number of hydrogen-bond acceptors (Lipinski definition) is 4. The standard InChI is InChI=1S/C16H23N3O3/c1-12(16(17)21)18-7-9-19(10-8-18)15(20)11-13-5-3-4-6-14(13)22-2/h3-6,12H,7-11H2,1-2H3,(H2,17,21). The summed E-state index contributed by atoms with van der Waals surface area (Å²) in [6, 6.07) is 7.26. The van der Waals surface area contributed by atoms with E-state index < -0.39 is 0 Å². The van der Waals surface area contributed by atoms with Gasteiger partial charge in [0.25, 0.3) is 0 Å². The zero-order valence-corrected chi connectivity index (χ0v) is 13.1. The van der Waals surface area contributed by atoms with Crippen molar-refractivity contribution in [3.05, 3.63) is 29.8 Å². The number of nitrogens with zero attached hydrogens (tertiary/aromatic N) is 2. The van der Waals surface area contributed by atoms with Crippen LogP contribution in [-0.2, 0) is 16.0 Å². The predicted octanol–water partition coefficient (Wildman–Crippen LogP) is 0.256. The molecule has 1 atom stereocenters. The van der Waals surface area contributed by atoms with E-state index in [2.05, 4.69) is 0 Å². The summed E-state index contributed by atoms with van der Waals surface area (Å²) in [4.78, 5) is 27.5. The number of ether oxygens (including phenoxy) is 1. The molecule has 0 aromatic heterocycles. The Morgan fingerprint density at radius 3 is 2.45 bits per heavy atom. The van der Waals surface area contributed by atoms with Crippen LogP contribution in [0.25, 0.3) is 0 Å². The van der Waals surface area contributed by atoms with Gasteiger partial charge < -0.3 is 15.4 Å². The van der Waals surface area contributed by atoms with Crippen LogP contribution in [0.15, 0.2) is 24.3 Å². The number of rotatable bonds is 5. The molecule has 1 aliphatic rings. The van der Waals surface area contributed by atoms with Gasteiger partial charge in [-0.2, -0.15) is 0 Å². The third-order valence-electron chi connectivity index (χ3n) is 4.16. The Labute approximate surface area is 130 Å². The van der Waals surface area contributed by atoms with Crippen LogP contribution < -0.4 is 10.5 Å². The molecule has 0 radical (unpaired) electrons. The lowest BCUT2D eigenvalue weighted by Crippen LogP contribution is -2.54. The van der Waals surface area contributed by atoms with E-state index in [1.54, 1.807) is 14.0 Å². The average Bonchev–Trinajstić information content (AvgIpc) is 2.54. The molecule has 22 heavy (non-hydrogen) atoms. The Balaban J connectivity index is 1.91. The van der Waals surface area contributed by atoms with E-state index in [1.807, 2.05) is 34.1 Å². The molecule has 2 rings (SSSR count). The molecule has 6 heteroatoms. The maximum atomic E-state index is 12.4. The molecule has 1 heterocycles. The van der Waals surface area contributed by atoms with Gasteiger partial charge in [0.1, 0.15) is 5.75 Å². The molecule has 1 fully saturated rings. The highest BCUT2D eigenvalue weighted by molar-refractivity contribution is 5.80. The summed E-state index contributed by atoms with van der Waals surface area (Å²) in [6.07, 6.45) is 0.329. The number of primary amides is 1. The number of nitrogens with two attached hydrogens (primary N) is 1. The normalized spacial score (nSPS) is 17.1. The first-order valence-electron chi connectivity index (χ1n) is 7.46. The molecule has 1 aliphatic heterocycles. The van der Waals surface area contributed by atoms with Crippen molar-refractivity contribution < 1.29 is 14.3 Å². The highest BCUT2D eigenvalue weighted by Crippen LogP contribution is 2.19. The third-order valence-corrected chi connectivity index (χ3v) is 4.16. The minimum atomic E-state index is -0.325. The number of piperazine rings is 1. The SMILES string of the molecule is COc1ccccc1CC(=O)N1CCN(C(C)C(N)=O)CC1. The van der Waals surface area contributed by atoms with Gasteiger partial charge in [0.2, 0.25) is 11.8 Å². The van der Waals surface area contributed by atoms with Gasteiger partial charge in [0.15, 0.2) is 0 Å². The van der Waals surface area contributed by atoms with Crippen molar-refractivity contribution in [2.45, 2.75) is 19.4 Å². The van der Waals surface area contributed by atoms with Gasteiger partial charge in [-0.3, -0.25) is 14.5 Å². The van der Waals surface area contributed by atoms with Gasteiger partial charge in [0.05, 0.1) is 19.6 Å². The Morgan fingerprint density at radius 1 is 1.23 bits per heavy atom. The van der Waals surface area contributed by atoms with Crippen LogP contribution >= 0.6 is 0 Å².